The lowest BCUT2D eigenvalue weighted by Gasteiger charge is -2.21. The zero-order valence-electron chi connectivity index (χ0n) is 11.9. The fourth-order valence-corrected chi connectivity index (χ4v) is 2.72. The van der Waals surface area contributed by atoms with Crippen LogP contribution in [0.2, 0.25) is 0 Å². The van der Waals surface area contributed by atoms with Gasteiger partial charge >= 0.3 is 6.03 Å². The van der Waals surface area contributed by atoms with Crippen molar-refractivity contribution in [2.75, 3.05) is 19.6 Å². The lowest BCUT2D eigenvalue weighted by Crippen LogP contribution is -2.41. The summed E-state index contributed by atoms with van der Waals surface area (Å²) in [6.07, 6.45) is 1.82. The van der Waals surface area contributed by atoms with Crippen molar-refractivity contribution in [2.45, 2.75) is 18.9 Å². The highest BCUT2D eigenvalue weighted by atomic mass is 19.1. The summed E-state index contributed by atoms with van der Waals surface area (Å²) in [7, 11) is 0. The maximum Gasteiger partial charge on any atom is 0.324 e. The van der Waals surface area contributed by atoms with Gasteiger partial charge in [0.25, 0.3) is 0 Å². The Morgan fingerprint density at radius 3 is 2.82 bits per heavy atom. The molecule has 118 valence electrons. The lowest BCUT2D eigenvalue weighted by molar-refractivity contribution is -0.126. The minimum absolute atomic E-state index is 0.0788. The zero-order chi connectivity index (χ0) is 15.7. The summed E-state index contributed by atoms with van der Waals surface area (Å²) in [6.45, 7) is 0.696. The van der Waals surface area contributed by atoms with E-state index in [9.17, 15) is 18.4 Å². The van der Waals surface area contributed by atoms with Crippen LogP contribution in [0, 0.1) is 17.6 Å². The van der Waals surface area contributed by atoms with Crippen molar-refractivity contribution in [3.05, 3.63) is 35.4 Å². The van der Waals surface area contributed by atoms with Crippen molar-refractivity contribution in [2.24, 2.45) is 5.92 Å². The molecule has 5 nitrogen and oxygen atoms in total. The smallest absolute Gasteiger partial charge is 0.324 e. The Morgan fingerprint density at radius 1 is 1.41 bits per heavy atom. The molecule has 3 rings (SSSR count). The van der Waals surface area contributed by atoms with E-state index in [1.165, 1.54) is 6.07 Å². The molecule has 22 heavy (non-hydrogen) atoms. The molecule has 0 bridgehead atoms. The molecule has 2 N–H and O–H groups in total. The van der Waals surface area contributed by atoms with Gasteiger partial charge in [-0.05, 0) is 37.0 Å². The Bertz CT molecular complexity index is 604. The van der Waals surface area contributed by atoms with Gasteiger partial charge in [0.1, 0.15) is 11.6 Å². The Labute approximate surface area is 126 Å². The molecule has 1 atom stereocenters. The Balaban J connectivity index is 1.69. The van der Waals surface area contributed by atoms with Crippen molar-refractivity contribution in [1.29, 1.82) is 0 Å². The third-order valence-electron chi connectivity index (χ3n) is 4.02. The average Bonchev–Trinajstić information content (AvgIpc) is 3.23. The van der Waals surface area contributed by atoms with Crippen LogP contribution in [0.3, 0.4) is 0 Å². The van der Waals surface area contributed by atoms with Gasteiger partial charge in [-0.3, -0.25) is 9.69 Å². The molecule has 1 heterocycles. The summed E-state index contributed by atoms with van der Waals surface area (Å²) in [4.78, 5) is 24.6. The number of carbonyl (C=O) groups excluding carboxylic acids is 2. The number of hydrogen-bond donors (Lipinski definition) is 2. The second kappa shape index (κ2) is 6.00. The van der Waals surface area contributed by atoms with Gasteiger partial charge in [0.2, 0.25) is 5.91 Å². The molecular formula is C15H17F2N3O2. The van der Waals surface area contributed by atoms with Crippen LogP contribution >= 0.6 is 0 Å². The van der Waals surface area contributed by atoms with E-state index in [-0.39, 0.29) is 23.9 Å². The number of urea groups is 1. The van der Waals surface area contributed by atoms with Gasteiger partial charge in [-0.15, -0.1) is 0 Å². The predicted octanol–water partition coefficient (Wildman–Crippen LogP) is 1.56. The molecule has 2 fully saturated rings. The van der Waals surface area contributed by atoms with E-state index < -0.39 is 23.7 Å². The van der Waals surface area contributed by atoms with Crippen LogP contribution in [-0.2, 0) is 4.79 Å². The first-order valence-corrected chi connectivity index (χ1v) is 7.33. The van der Waals surface area contributed by atoms with E-state index in [1.807, 2.05) is 0 Å². The fraction of sp³-hybridized carbons (Fsp3) is 0.467. The first kappa shape index (κ1) is 14.9. The van der Waals surface area contributed by atoms with Gasteiger partial charge in [-0.1, -0.05) is 0 Å². The molecule has 2 aliphatic rings. The number of nitrogens with one attached hydrogen (secondary N) is 2. The molecule has 1 aliphatic carbocycles. The molecule has 1 aromatic rings. The molecule has 0 spiro atoms. The number of hydrogen-bond acceptors (Lipinski definition) is 3. The number of rotatable bonds is 5. The Morgan fingerprint density at radius 2 is 2.18 bits per heavy atom. The molecule has 0 radical (unpaired) electrons. The lowest BCUT2D eigenvalue weighted by atomic mass is 10.0. The number of carbonyl (C=O) groups is 2. The number of amides is 3. The van der Waals surface area contributed by atoms with Crippen molar-refractivity contribution >= 4 is 11.9 Å². The molecule has 7 heteroatoms. The van der Waals surface area contributed by atoms with Gasteiger partial charge in [-0.2, -0.15) is 0 Å². The van der Waals surface area contributed by atoms with E-state index in [1.54, 1.807) is 0 Å². The SMILES string of the molecule is O=C(CN[C@@H](c1cc(F)ccc1F)C1CC1)N1CCNC1=O. The highest BCUT2D eigenvalue weighted by molar-refractivity contribution is 5.96. The highest BCUT2D eigenvalue weighted by Gasteiger charge is 2.35. The maximum absolute atomic E-state index is 13.9. The van der Waals surface area contributed by atoms with Crippen molar-refractivity contribution in [3.8, 4) is 0 Å². The van der Waals surface area contributed by atoms with Gasteiger partial charge in [-0.25, -0.2) is 13.6 Å². The van der Waals surface area contributed by atoms with Crippen LogP contribution in [0.15, 0.2) is 18.2 Å². The first-order valence-electron chi connectivity index (χ1n) is 7.33. The van der Waals surface area contributed by atoms with Gasteiger partial charge < -0.3 is 10.6 Å². The molecule has 1 saturated heterocycles. The largest absolute Gasteiger partial charge is 0.336 e. The van der Waals surface area contributed by atoms with Gasteiger partial charge in [0, 0.05) is 24.7 Å². The minimum atomic E-state index is -0.505. The van der Waals surface area contributed by atoms with Crippen LogP contribution < -0.4 is 10.6 Å². The number of imide groups is 1. The number of nitrogens with zero attached hydrogens (tertiary/aromatic N) is 1. The predicted molar refractivity (Wildman–Crippen MR) is 74.9 cm³/mol. The molecule has 0 unspecified atom stereocenters. The van der Waals surface area contributed by atoms with E-state index >= 15 is 0 Å². The summed E-state index contributed by atoms with van der Waals surface area (Å²) in [5.74, 6) is -1.17. The Hall–Kier alpha value is -2.02. The normalized spacial score (nSPS) is 19.2. The summed E-state index contributed by atoms with van der Waals surface area (Å²) >= 11 is 0. The molecule has 1 aliphatic heterocycles. The number of benzene rings is 1. The topological polar surface area (TPSA) is 61.4 Å². The quantitative estimate of drug-likeness (QED) is 0.868. The van der Waals surface area contributed by atoms with Crippen molar-refractivity contribution in [1.82, 2.24) is 15.5 Å². The van der Waals surface area contributed by atoms with Gasteiger partial charge in [0.15, 0.2) is 0 Å². The van der Waals surface area contributed by atoms with Crippen LogP contribution in [0.25, 0.3) is 0 Å². The van der Waals surface area contributed by atoms with Crippen LogP contribution in [0.1, 0.15) is 24.4 Å². The fourth-order valence-electron chi connectivity index (χ4n) is 2.72. The number of halogens is 2. The first-order chi connectivity index (χ1) is 10.6. The maximum atomic E-state index is 13.9. The van der Waals surface area contributed by atoms with Gasteiger partial charge in [0.05, 0.1) is 6.54 Å². The van der Waals surface area contributed by atoms with Crippen molar-refractivity contribution < 1.29 is 18.4 Å². The van der Waals surface area contributed by atoms with Crippen molar-refractivity contribution in [3.63, 3.8) is 0 Å². The summed E-state index contributed by atoms with van der Waals surface area (Å²) in [5, 5.41) is 5.54. The third kappa shape index (κ3) is 3.09. The third-order valence-corrected chi connectivity index (χ3v) is 4.02. The van der Waals surface area contributed by atoms with E-state index in [2.05, 4.69) is 10.6 Å². The van der Waals surface area contributed by atoms with E-state index in [0.717, 1.165) is 29.9 Å². The standard InChI is InChI=1S/C15H17F2N3O2/c16-10-3-4-12(17)11(7-10)14(9-1-2-9)19-8-13(21)20-6-5-18-15(20)22/h3-4,7,9,14,19H,1-2,5-6,8H2,(H,18,22)/t14-/m1/s1. The second-order valence-corrected chi connectivity index (χ2v) is 5.64. The molecular weight excluding hydrogens is 292 g/mol. The second-order valence-electron chi connectivity index (χ2n) is 5.64. The summed E-state index contributed by atoms with van der Waals surface area (Å²) in [6, 6.07) is 2.51. The van der Waals surface area contributed by atoms with Crippen LogP contribution in [0.5, 0.6) is 0 Å². The Kier molecular flexibility index (Phi) is 4.06. The summed E-state index contributed by atoms with van der Waals surface area (Å²) in [5.41, 5.74) is 0.237. The van der Waals surface area contributed by atoms with E-state index in [0.29, 0.717) is 13.1 Å². The molecule has 1 saturated carbocycles. The van der Waals surface area contributed by atoms with Crippen LogP contribution in [-0.4, -0.2) is 36.5 Å². The molecule has 0 aromatic heterocycles. The molecule has 3 amide bonds. The monoisotopic (exact) mass is 309 g/mol. The summed E-state index contributed by atoms with van der Waals surface area (Å²) < 4.78 is 27.3. The molecule has 1 aromatic carbocycles. The van der Waals surface area contributed by atoms with Crippen LogP contribution in [0.4, 0.5) is 13.6 Å². The average molecular weight is 309 g/mol. The minimum Gasteiger partial charge on any atom is -0.336 e. The zero-order valence-corrected chi connectivity index (χ0v) is 11.9. The highest BCUT2D eigenvalue weighted by Crippen LogP contribution is 2.41. The van der Waals surface area contributed by atoms with E-state index in [4.69, 9.17) is 0 Å².